The molecule has 4 aromatic rings. The van der Waals surface area contributed by atoms with Crippen molar-refractivity contribution in [3.05, 3.63) is 90.1 Å². The van der Waals surface area contributed by atoms with E-state index in [1.54, 1.807) is 18.3 Å². The van der Waals surface area contributed by atoms with Crippen molar-refractivity contribution in [1.29, 1.82) is 0 Å². The number of para-hydroxylation sites is 1. The maximum atomic E-state index is 13.0. The predicted octanol–water partition coefficient (Wildman–Crippen LogP) is 3.59. The lowest BCUT2D eigenvalue weighted by molar-refractivity contribution is 0.133. The molecule has 1 fully saturated rings. The number of nitrogens with one attached hydrogen (secondary N) is 1. The smallest absolute Gasteiger partial charge is 0.317 e. The Kier molecular flexibility index (Phi) is 5.99. The molecule has 2 aromatic carbocycles. The third-order valence-corrected chi connectivity index (χ3v) is 5.88. The van der Waals surface area contributed by atoms with Gasteiger partial charge in [0, 0.05) is 44.6 Å². The minimum Gasteiger partial charge on any atom is -0.334 e. The second-order valence-electron chi connectivity index (χ2n) is 8.09. The number of urea groups is 1. The van der Waals surface area contributed by atoms with Crippen LogP contribution in [0.15, 0.2) is 72.9 Å². The Morgan fingerprint density at radius 1 is 0.939 bits per heavy atom. The van der Waals surface area contributed by atoms with Crippen LogP contribution in [-0.2, 0) is 13.1 Å². The van der Waals surface area contributed by atoms with Crippen LogP contribution in [0.1, 0.15) is 11.4 Å². The van der Waals surface area contributed by atoms with Crippen LogP contribution in [0.4, 0.5) is 9.18 Å². The summed E-state index contributed by atoms with van der Waals surface area (Å²) in [5.41, 5.74) is 3.62. The third kappa shape index (κ3) is 4.70. The molecule has 0 spiro atoms. The molecule has 1 aliphatic rings. The summed E-state index contributed by atoms with van der Waals surface area (Å²) in [5, 5.41) is 2.92. The van der Waals surface area contributed by atoms with E-state index in [-0.39, 0.29) is 11.8 Å². The quantitative estimate of drug-likeness (QED) is 0.511. The van der Waals surface area contributed by atoms with E-state index in [0.29, 0.717) is 26.2 Å². The Bertz CT molecular complexity index is 1230. The minimum atomic E-state index is -0.280. The zero-order valence-corrected chi connectivity index (χ0v) is 18.2. The van der Waals surface area contributed by atoms with Crippen LogP contribution in [0.2, 0.25) is 0 Å². The number of carbonyl (C=O) groups is 1. The fourth-order valence-corrected chi connectivity index (χ4v) is 4.11. The molecule has 2 aromatic heterocycles. The summed E-state index contributed by atoms with van der Waals surface area (Å²) in [7, 11) is 0. The van der Waals surface area contributed by atoms with Crippen molar-refractivity contribution in [3.8, 4) is 5.69 Å². The SMILES string of the molecule is O=C(NCc1ccc(F)cc1)N1CCN(Cc2nc3cccnc3n2-c2ccccc2)CC1. The Hall–Kier alpha value is -3.78. The van der Waals surface area contributed by atoms with Gasteiger partial charge in [-0.15, -0.1) is 0 Å². The lowest BCUT2D eigenvalue weighted by atomic mass is 10.2. The molecule has 7 nitrogen and oxygen atoms in total. The number of piperazine rings is 1. The van der Waals surface area contributed by atoms with Crippen molar-refractivity contribution < 1.29 is 9.18 Å². The highest BCUT2D eigenvalue weighted by Crippen LogP contribution is 2.21. The van der Waals surface area contributed by atoms with Gasteiger partial charge in [-0.05, 0) is 42.0 Å². The first-order valence-electron chi connectivity index (χ1n) is 11.0. The number of fused-ring (bicyclic) bond motifs is 1. The number of hydrogen-bond donors (Lipinski definition) is 1. The van der Waals surface area contributed by atoms with Gasteiger partial charge in [0.2, 0.25) is 0 Å². The number of amides is 2. The van der Waals surface area contributed by atoms with Crippen molar-refractivity contribution in [2.45, 2.75) is 13.1 Å². The Morgan fingerprint density at radius 3 is 2.45 bits per heavy atom. The molecule has 3 heterocycles. The van der Waals surface area contributed by atoms with Gasteiger partial charge in [-0.2, -0.15) is 0 Å². The number of benzene rings is 2. The average molecular weight is 445 g/mol. The first-order chi connectivity index (χ1) is 16.2. The number of halogens is 1. The molecular weight excluding hydrogens is 419 g/mol. The van der Waals surface area contributed by atoms with Gasteiger partial charge in [-0.3, -0.25) is 9.47 Å². The molecule has 0 radical (unpaired) electrons. The predicted molar refractivity (Wildman–Crippen MR) is 124 cm³/mol. The Labute approximate surface area is 191 Å². The molecule has 2 amide bonds. The second-order valence-corrected chi connectivity index (χ2v) is 8.09. The van der Waals surface area contributed by atoms with E-state index >= 15 is 0 Å². The molecule has 0 atom stereocenters. The summed E-state index contributed by atoms with van der Waals surface area (Å²) >= 11 is 0. The number of aromatic nitrogens is 3. The normalized spacial score (nSPS) is 14.5. The van der Waals surface area contributed by atoms with Gasteiger partial charge in [0.25, 0.3) is 0 Å². The first kappa shape index (κ1) is 21.1. The summed E-state index contributed by atoms with van der Waals surface area (Å²) in [4.78, 5) is 26.1. The number of nitrogens with zero attached hydrogens (tertiary/aromatic N) is 5. The summed E-state index contributed by atoms with van der Waals surface area (Å²) in [5.74, 6) is 0.655. The first-order valence-corrected chi connectivity index (χ1v) is 11.0. The van der Waals surface area contributed by atoms with E-state index in [1.165, 1.54) is 12.1 Å². The molecule has 0 aliphatic carbocycles. The summed E-state index contributed by atoms with van der Waals surface area (Å²) < 4.78 is 15.1. The van der Waals surface area contributed by atoms with Crippen LogP contribution in [-0.4, -0.2) is 56.5 Å². The molecule has 33 heavy (non-hydrogen) atoms. The van der Waals surface area contributed by atoms with Crippen LogP contribution in [0.3, 0.4) is 0 Å². The monoisotopic (exact) mass is 444 g/mol. The van der Waals surface area contributed by atoms with Crippen LogP contribution in [0, 0.1) is 5.82 Å². The molecule has 0 saturated carbocycles. The highest BCUT2D eigenvalue weighted by molar-refractivity contribution is 5.74. The highest BCUT2D eigenvalue weighted by Gasteiger charge is 2.23. The highest BCUT2D eigenvalue weighted by atomic mass is 19.1. The van der Waals surface area contributed by atoms with E-state index in [4.69, 9.17) is 4.98 Å². The summed E-state index contributed by atoms with van der Waals surface area (Å²) in [6.07, 6.45) is 1.79. The molecule has 0 bridgehead atoms. The van der Waals surface area contributed by atoms with Crippen LogP contribution in [0.5, 0.6) is 0 Å². The molecular formula is C25H25FN6O. The van der Waals surface area contributed by atoms with Crippen molar-refractivity contribution in [2.75, 3.05) is 26.2 Å². The number of rotatable bonds is 5. The Morgan fingerprint density at radius 2 is 1.70 bits per heavy atom. The van der Waals surface area contributed by atoms with Gasteiger partial charge in [0.05, 0.1) is 6.54 Å². The summed E-state index contributed by atoms with van der Waals surface area (Å²) in [6.45, 7) is 3.85. The molecule has 1 saturated heterocycles. The molecule has 8 heteroatoms. The largest absolute Gasteiger partial charge is 0.334 e. The lowest BCUT2D eigenvalue weighted by Gasteiger charge is -2.34. The maximum absolute atomic E-state index is 13.0. The maximum Gasteiger partial charge on any atom is 0.317 e. The molecule has 1 aliphatic heterocycles. The summed E-state index contributed by atoms with van der Waals surface area (Å²) in [6, 6.07) is 20.1. The molecule has 168 valence electrons. The van der Waals surface area contributed by atoms with E-state index in [1.807, 2.05) is 35.2 Å². The van der Waals surface area contributed by atoms with Gasteiger partial charge >= 0.3 is 6.03 Å². The number of imidazole rings is 1. The fraction of sp³-hybridized carbons (Fsp3) is 0.240. The van der Waals surface area contributed by atoms with Gasteiger partial charge in [-0.25, -0.2) is 19.2 Å². The average Bonchev–Trinajstić information content (AvgIpc) is 3.22. The van der Waals surface area contributed by atoms with Crippen molar-refractivity contribution in [2.24, 2.45) is 0 Å². The third-order valence-electron chi connectivity index (χ3n) is 5.88. The number of pyridine rings is 1. The second kappa shape index (κ2) is 9.38. The van der Waals surface area contributed by atoms with E-state index < -0.39 is 0 Å². The van der Waals surface area contributed by atoms with Crippen molar-refractivity contribution in [3.63, 3.8) is 0 Å². The minimum absolute atomic E-state index is 0.0975. The van der Waals surface area contributed by atoms with Crippen LogP contribution in [0.25, 0.3) is 16.9 Å². The number of hydrogen-bond acceptors (Lipinski definition) is 4. The van der Waals surface area contributed by atoms with E-state index in [2.05, 4.69) is 31.9 Å². The van der Waals surface area contributed by atoms with Crippen LogP contribution < -0.4 is 5.32 Å². The molecule has 0 unspecified atom stereocenters. The van der Waals surface area contributed by atoms with Crippen LogP contribution >= 0.6 is 0 Å². The van der Waals surface area contributed by atoms with Crippen molar-refractivity contribution in [1.82, 2.24) is 29.7 Å². The standard InChI is InChI=1S/C25H25FN6O/c26-20-10-8-19(9-11-20)17-28-25(33)31-15-13-30(14-16-31)18-23-29-22-7-4-12-27-24(22)32(23)21-5-2-1-3-6-21/h1-12H,13-18H2,(H,28,33). The molecule has 1 N–H and O–H groups in total. The zero-order valence-electron chi connectivity index (χ0n) is 18.2. The topological polar surface area (TPSA) is 66.3 Å². The van der Waals surface area contributed by atoms with E-state index in [0.717, 1.165) is 41.3 Å². The fourth-order valence-electron chi connectivity index (χ4n) is 4.11. The van der Waals surface area contributed by atoms with Gasteiger partial charge in [0.1, 0.15) is 17.2 Å². The van der Waals surface area contributed by atoms with Gasteiger partial charge < -0.3 is 10.2 Å². The van der Waals surface area contributed by atoms with Gasteiger partial charge in [-0.1, -0.05) is 30.3 Å². The van der Waals surface area contributed by atoms with Gasteiger partial charge in [0.15, 0.2) is 5.65 Å². The zero-order chi connectivity index (χ0) is 22.6. The van der Waals surface area contributed by atoms with E-state index in [9.17, 15) is 9.18 Å². The number of carbonyl (C=O) groups excluding carboxylic acids is 1. The Balaban J connectivity index is 1.22. The lowest BCUT2D eigenvalue weighted by Crippen LogP contribution is -2.51. The molecule has 5 rings (SSSR count). The van der Waals surface area contributed by atoms with Crippen molar-refractivity contribution >= 4 is 17.2 Å².